The van der Waals surface area contributed by atoms with Gasteiger partial charge in [0, 0.05) is 37.5 Å². The van der Waals surface area contributed by atoms with Crippen molar-refractivity contribution in [2.24, 2.45) is 0 Å². The minimum atomic E-state index is -5.08. The molecule has 170 valence electrons. The van der Waals surface area contributed by atoms with Crippen molar-refractivity contribution in [2.75, 3.05) is 20.3 Å². The minimum absolute atomic E-state index is 0.0869. The lowest BCUT2D eigenvalue weighted by atomic mass is 10.1. The van der Waals surface area contributed by atoms with E-state index in [1.165, 1.54) is 17.1 Å². The SMILES string of the molecule is COC[C@@H]1C[C@@H](N2Cc3cnc(-n4cc(C#N)cn4)nc3C2=O)CN1.O=C(O)C(F)(F)F. The van der Waals surface area contributed by atoms with Crippen LogP contribution in [-0.4, -0.2) is 80.2 Å². The Kier molecular flexibility index (Phi) is 6.70. The van der Waals surface area contributed by atoms with Gasteiger partial charge in [-0.3, -0.25) is 4.79 Å². The zero-order valence-electron chi connectivity index (χ0n) is 16.7. The fraction of sp³-hybridized carbons (Fsp3) is 0.444. The molecule has 1 amide bonds. The van der Waals surface area contributed by atoms with E-state index in [1.807, 2.05) is 11.0 Å². The molecule has 4 heterocycles. The number of aliphatic carboxylic acids is 1. The van der Waals surface area contributed by atoms with Gasteiger partial charge in [0.1, 0.15) is 11.8 Å². The number of hydrogen-bond donors (Lipinski definition) is 2. The number of nitrogens with one attached hydrogen (secondary N) is 1. The van der Waals surface area contributed by atoms with Crippen molar-refractivity contribution >= 4 is 11.9 Å². The van der Waals surface area contributed by atoms with Crippen LogP contribution in [0.2, 0.25) is 0 Å². The lowest BCUT2D eigenvalue weighted by Gasteiger charge is -2.22. The van der Waals surface area contributed by atoms with Crippen LogP contribution in [0.4, 0.5) is 13.2 Å². The molecule has 2 aliphatic rings. The molecule has 1 saturated heterocycles. The second-order valence-electron chi connectivity index (χ2n) is 7.02. The maximum absolute atomic E-state index is 12.8. The molecule has 2 aliphatic heterocycles. The first-order chi connectivity index (χ1) is 15.1. The van der Waals surface area contributed by atoms with Gasteiger partial charge >= 0.3 is 12.1 Å². The fourth-order valence-corrected chi connectivity index (χ4v) is 3.35. The quantitative estimate of drug-likeness (QED) is 0.676. The number of hydrogen-bond acceptors (Lipinski definition) is 8. The monoisotopic (exact) mass is 453 g/mol. The van der Waals surface area contributed by atoms with Gasteiger partial charge in [-0.15, -0.1) is 0 Å². The van der Waals surface area contributed by atoms with Crippen LogP contribution in [0.1, 0.15) is 28.0 Å². The maximum Gasteiger partial charge on any atom is 0.490 e. The summed E-state index contributed by atoms with van der Waals surface area (Å²) in [6.45, 7) is 1.90. The number of nitrogens with zero attached hydrogens (tertiary/aromatic N) is 6. The van der Waals surface area contributed by atoms with Gasteiger partial charge in [0.2, 0.25) is 0 Å². The smallest absolute Gasteiger partial charge is 0.475 e. The van der Waals surface area contributed by atoms with Crippen molar-refractivity contribution in [3.63, 3.8) is 0 Å². The molecule has 2 aromatic heterocycles. The average Bonchev–Trinajstić information content (AvgIpc) is 3.47. The second kappa shape index (κ2) is 9.28. The molecule has 0 unspecified atom stereocenters. The highest BCUT2D eigenvalue weighted by atomic mass is 19.4. The van der Waals surface area contributed by atoms with Gasteiger partial charge in [-0.1, -0.05) is 0 Å². The number of fused-ring (bicyclic) bond motifs is 1. The normalized spacial score (nSPS) is 19.8. The Morgan fingerprint density at radius 3 is 2.75 bits per heavy atom. The average molecular weight is 453 g/mol. The maximum atomic E-state index is 12.8. The third kappa shape index (κ3) is 5.01. The predicted molar refractivity (Wildman–Crippen MR) is 99.5 cm³/mol. The highest BCUT2D eigenvalue weighted by molar-refractivity contribution is 5.96. The number of methoxy groups -OCH3 is 1. The third-order valence-corrected chi connectivity index (χ3v) is 4.82. The summed E-state index contributed by atoms with van der Waals surface area (Å²) in [6, 6.07) is 2.40. The number of carbonyl (C=O) groups excluding carboxylic acids is 1. The summed E-state index contributed by atoms with van der Waals surface area (Å²) in [5, 5.41) is 23.4. The number of aromatic nitrogens is 4. The first-order valence-electron chi connectivity index (χ1n) is 9.28. The van der Waals surface area contributed by atoms with Crippen molar-refractivity contribution in [3.8, 4) is 12.0 Å². The first kappa shape index (κ1) is 23.1. The minimum Gasteiger partial charge on any atom is -0.475 e. The van der Waals surface area contributed by atoms with Gasteiger partial charge in [0.05, 0.1) is 31.1 Å². The lowest BCUT2D eigenvalue weighted by Crippen LogP contribution is -2.37. The van der Waals surface area contributed by atoms with E-state index < -0.39 is 12.1 Å². The number of carboxylic acid groups (broad SMARTS) is 1. The molecule has 0 aromatic carbocycles. The summed E-state index contributed by atoms with van der Waals surface area (Å²) in [5.41, 5.74) is 1.64. The Labute approximate surface area is 179 Å². The Morgan fingerprint density at radius 2 is 2.16 bits per heavy atom. The summed E-state index contributed by atoms with van der Waals surface area (Å²) in [6.07, 6.45) is 0.414. The molecule has 32 heavy (non-hydrogen) atoms. The van der Waals surface area contributed by atoms with Gasteiger partial charge < -0.3 is 20.1 Å². The molecule has 4 rings (SSSR count). The largest absolute Gasteiger partial charge is 0.490 e. The summed E-state index contributed by atoms with van der Waals surface area (Å²) < 4.78 is 38.3. The Hall–Kier alpha value is -3.57. The molecule has 2 atom stereocenters. The van der Waals surface area contributed by atoms with Gasteiger partial charge in [-0.25, -0.2) is 19.4 Å². The molecule has 1 fully saturated rings. The van der Waals surface area contributed by atoms with E-state index in [9.17, 15) is 18.0 Å². The summed E-state index contributed by atoms with van der Waals surface area (Å²) in [4.78, 5) is 32.2. The fourth-order valence-electron chi connectivity index (χ4n) is 3.35. The van der Waals surface area contributed by atoms with Crippen LogP contribution in [0.25, 0.3) is 5.95 Å². The van der Waals surface area contributed by atoms with Gasteiger partial charge in [-0.2, -0.15) is 23.5 Å². The van der Waals surface area contributed by atoms with Crippen LogP contribution in [0.15, 0.2) is 18.6 Å². The Morgan fingerprint density at radius 1 is 1.44 bits per heavy atom. The lowest BCUT2D eigenvalue weighted by molar-refractivity contribution is -0.192. The molecule has 0 saturated carbocycles. The van der Waals surface area contributed by atoms with Crippen molar-refractivity contribution < 1.29 is 32.6 Å². The first-order valence-corrected chi connectivity index (χ1v) is 9.28. The summed E-state index contributed by atoms with van der Waals surface area (Å²) in [5.74, 6) is -2.55. The van der Waals surface area contributed by atoms with E-state index in [2.05, 4.69) is 20.4 Å². The van der Waals surface area contributed by atoms with Gasteiger partial charge in [0.15, 0.2) is 0 Å². The van der Waals surface area contributed by atoms with E-state index in [0.717, 1.165) is 18.5 Å². The standard InChI is InChI=1S/C16H17N7O2.C2HF3O2/c1-25-9-12-2-13(6-18-12)22-8-11-5-19-16(21-14(11)15(22)24)23-7-10(3-17)4-20-23;3-2(4,5)1(6)7/h4-5,7,12-13,18H,2,6,8-9H2,1H3;(H,6,7)/t12-,13+;/m0./s1. The summed E-state index contributed by atoms with van der Waals surface area (Å²) >= 11 is 0. The summed E-state index contributed by atoms with van der Waals surface area (Å²) in [7, 11) is 1.68. The Bertz CT molecular complexity index is 1050. The Balaban J connectivity index is 0.000000360. The number of amides is 1. The molecule has 0 bridgehead atoms. The number of rotatable bonds is 4. The van der Waals surface area contributed by atoms with Crippen LogP contribution >= 0.6 is 0 Å². The molecular formula is C18H18F3N7O4. The number of nitriles is 1. The second-order valence-corrected chi connectivity index (χ2v) is 7.02. The van der Waals surface area contributed by atoms with E-state index in [1.54, 1.807) is 13.3 Å². The van der Waals surface area contributed by atoms with Crippen LogP contribution in [0.3, 0.4) is 0 Å². The number of ether oxygens (including phenoxy) is 1. The van der Waals surface area contributed by atoms with Gasteiger partial charge in [-0.05, 0) is 6.42 Å². The molecule has 0 spiro atoms. The number of alkyl halides is 3. The van der Waals surface area contributed by atoms with Crippen molar-refractivity contribution in [2.45, 2.75) is 31.2 Å². The van der Waals surface area contributed by atoms with Gasteiger partial charge in [0.25, 0.3) is 11.9 Å². The van der Waals surface area contributed by atoms with E-state index in [0.29, 0.717) is 24.4 Å². The number of halogens is 3. The van der Waals surface area contributed by atoms with Crippen molar-refractivity contribution in [1.82, 2.24) is 30.0 Å². The zero-order valence-corrected chi connectivity index (χ0v) is 16.7. The molecule has 2 N–H and O–H groups in total. The van der Waals surface area contributed by atoms with E-state index >= 15 is 0 Å². The molecule has 2 aromatic rings. The van der Waals surface area contributed by atoms with Crippen LogP contribution in [0, 0.1) is 11.3 Å². The highest BCUT2D eigenvalue weighted by Gasteiger charge is 2.39. The number of carboxylic acids is 1. The third-order valence-electron chi connectivity index (χ3n) is 4.82. The molecule has 0 aliphatic carbocycles. The van der Waals surface area contributed by atoms with Crippen LogP contribution in [0.5, 0.6) is 0 Å². The zero-order chi connectivity index (χ0) is 23.5. The highest BCUT2D eigenvalue weighted by Crippen LogP contribution is 2.26. The number of carbonyl (C=O) groups is 2. The van der Waals surface area contributed by atoms with Crippen LogP contribution in [-0.2, 0) is 16.1 Å². The topological polar surface area (TPSA) is 146 Å². The van der Waals surface area contributed by atoms with Crippen molar-refractivity contribution in [3.05, 3.63) is 35.4 Å². The predicted octanol–water partition coefficient (Wildman–Crippen LogP) is 0.500. The van der Waals surface area contributed by atoms with E-state index in [4.69, 9.17) is 19.9 Å². The molecular weight excluding hydrogens is 435 g/mol. The molecule has 0 radical (unpaired) electrons. The van der Waals surface area contributed by atoms with Crippen LogP contribution < -0.4 is 5.32 Å². The van der Waals surface area contributed by atoms with Crippen molar-refractivity contribution in [1.29, 1.82) is 5.26 Å². The van der Waals surface area contributed by atoms with E-state index in [-0.39, 0.29) is 23.9 Å². The molecule has 14 heteroatoms. The molecule has 11 nitrogen and oxygen atoms in total.